The molecule has 2 atom stereocenters. The number of nitrogens with one attached hydrogen (secondary N) is 1. The minimum atomic E-state index is -2.97. The van der Waals surface area contributed by atoms with Crippen molar-refractivity contribution < 1.29 is 8.42 Å². The topological polar surface area (TPSA) is 46.2 Å². The summed E-state index contributed by atoms with van der Waals surface area (Å²) >= 11 is 0. The summed E-state index contributed by atoms with van der Waals surface area (Å²) < 4.78 is 22.8. The zero-order chi connectivity index (χ0) is 12.6. The number of fused-ring (bicyclic) bond motifs is 1. The molecule has 4 heteroatoms. The molecular formula is C14H17NO2S. The van der Waals surface area contributed by atoms with Crippen molar-refractivity contribution in [1.82, 2.24) is 5.32 Å². The third-order valence-electron chi connectivity index (χ3n) is 3.71. The average Bonchev–Trinajstić information content (AvgIpc) is 2.69. The molecule has 1 aliphatic heterocycles. The highest BCUT2D eigenvalue weighted by Gasteiger charge is 2.26. The van der Waals surface area contributed by atoms with E-state index in [4.69, 9.17) is 0 Å². The lowest BCUT2D eigenvalue weighted by molar-refractivity contribution is 0.441. The molecule has 0 aromatic heterocycles. The van der Waals surface area contributed by atoms with Gasteiger partial charge >= 0.3 is 0 Å². The highest BCUT2D eigenvalue weighted by atomic mass is 32.2. The molecule has 2 aliphatic rings. The molecule has 0 saturated heterocycles. The number of hydrogen-bond donors (Lipinski definition) is 1. The molecule has 3 nitrogen and oxygen atoms in total. The van der Waals surface area contributed by atoms with E-state index in [-0.39, 0.29) is 17.8 Å². The second-order valence-electron chi connectivity index (χ2n) is 5.07. The van der Waals surface area contributed by atoms with Crippen molar-refractivity contribution in [3.05, 3.63) is 46.9 Å². The Kier molecular flexibility index (Phi) is 2.99. The summed E-state index contributed by atoms with van der Waals surface area (Å²) in [5.74, 6) is 0.200. The van der Waals surface area contributed by atoms with E-state index in [9.17, 15) is 8.42 Å². The fourth-order valence-electron chi connectivity index (χ4n) is 2.87. The zero-order valence-electron chi connectivity index (χ0n) is 10.2. The lowest BCUT2D eigenvalue weighted by atomic mass is 9.87. The molecule has 0 spiro atoms. The van der Waals surface area contributed by atoms with Crippen LogP contribution in [0.5, 0.6) is 0 Å². The standard InChI is InChI=1S/C14H17NO2S/c16-18(17)9-8-12(10-18)15-14-7-3-5-11-4-1-2-6-13(11)14/h1-2,4,6,8-9,12,14-15H,3,5,7,10H2. The van der Waals surface area contributed by atoms with Gasteiger partial charge in [-0.3, -0.25) is 0 Å². The summed E-state index contributed by atoms with van der Waals surface area (Å²) in [4.78, 5) is 0. The van der Waals surface area contributed by atoms with E-state index in [1.165, 1.54) is 16.5 Å². The summed E-state index contributed by atoms with van der Waals surface area (Å²) in [6.07, 6.45) is 5.15. The predicted molar refractivity (Wildman–Crippen MR) is 72.0 cm³/mol. The monoisotopic (exact) mass is 263 g/mol. The molecule has 2 unspecified atom stereocenters. The van der Waals surface area contributed by atoms with Gasteiger partial charge in [-0.2, -0.15) is 0 Å². The first-order valence-corrected chi connectivity index (χ1v) is 8.10. The van der Waals surface area contributed by atoms with Crippen molar-refractivity contribution >= 4 is 9.84 Å². The number of rotatable bonds is 2. The third-order valence-corrected chi connectivity index (χ3v) is 5.11. The van der Waals surface area contributed by atoms with E-state index in [0.717, 1.165) is 19.3 Å². The smallest absolute Gasteiger partial charge is 0.173 e. The van der Waals surface area contributed by atoms with E-state index < -0.39 is 9.84 Å². The fraction of sp³-hybridized carbons (Fsp3) is 0.429. The van der Waals surface area contributed by atoms with Gasteiger partial charge in [-0.1, -0.05) is 30.3 Å². The van der Waals surface area contributed by atoms with Crippen molar-refractivity contribution in [1.29, 1.82) is 0 Å². The van der Waals surface area contributed by atoms with Gasteiger partial charge in [0.2, 0.25) is 0 Å². The lowest BCUT2D eigenvalue weighted by Crippen LogP contribution is -2.35. The highest BCUT2D eigenvalue weighted by molar-refractivity contribution is 7.94. The SMILES string of the molecule is O=S1(=O)C=CC(NC2CCCc3ccccc32)C1. The van der Waals surface area contributed by atoms with E-state index in [1.807, 2.05) is 0 Å². The van der Waals surface area contributed by atoms with Crippen LogP contribution in [0.4, 0.5) is 0 Å². The van der Waals surface area contributed by atoms with Crippen LogP contribution in [0.1, 0.15) is 30.0 Å². The maximum absolute atomic E-state index is 11.4. The van der Waals surface area contributed by atoms with Gasteiger partial charge in [-0.25, -0.2) is 8.42 Å². The molecule has 3 rings (SSSR count). The third kappa shape index (κ3) is 2.35. The first kappa shape index (κ1) is 11.9. The first-order chi connectivity index (χ1) is 8.64. The number of hydrogen-bond acceptors (Lipinski definition) is 3. The second kappa shape index (κ2) is 4.52. The summed E-state index contributed by atoms with van der Waals surface area (Å²) in [5, 5.41) is 4.80. The first-order valence-electron chi connectivity index (χ1n) is 6.39. The second-order valence-corrected chi connectivity index (χ2v) is 7.01. The minimum absolute atomic E-state index is 0.0360. The van der Waals surface area contributed by atoms with Crippen LogP contribution in [-0.2, 0) is 16.3 Å². The summed E-state index contributed by atoms with van der Waals surface area (Å²) in [6, 6.07) is 8.70. The molecule has 0 amide bonds. The van der Waals surface area contributed by atoms with E-state index in [2.05, 4.69) is 29.6 Å². The molecule has 18 heavy (non-hydrogen) atoms. The molecule has 1 aliphatic carbocycles. The fourth-order valence-corrected chi connectivity index (χ4v) is 4.11. The molecule has 0 bridgehead atoms. The molecule has 1 aromatic carbocycles. The Morgan fingerprint density at radius 1 is 1.22 bits per heavy atom. The van der Waals surface area contributed by atoms with Crippen LogP contribution < -0.4 is 5.32 Å². The van der Waals surface area contributed by atoms with Crippen LogP contribution in [-0.4, -0.2) is 20.2 Å². The van der Waals surface area contributed by atoms with E-state index >= 15 is 0 Å². The molecule has 1 N–H and O–H groups in total. The Balaban J connectivity index is 1.78. The summed E-state index contributed by atoms with van der Waals surface area (Å²) in [6.45, 7) is 0. The Morgan fingerprint density at radius 3 is 2.83 bits per heavy atom. The minimum Gasteiger partial charge on any atom is -0.303 e. The van der Waals surface area contributed by atoms with E-state index in [1.54, 1.807) is 6.08 Å². The van der Waals surface area contributed by atoms with Crippen LogP contribution >= 0.6 is 0 Å². The Labute approximate surface area is 108 Å². The maximum atomic E-state index is 11.4. The van der Waals surface area contributed by atoms with Crippen molar-refractivity contribution in [2.24, 2.45) is 0 Å². The summed E-state index contributed by atoms with van der Waals surface area (Å²) in [7, 11) is -2.97. The Hall–Kier alpha value is -1.13. The van der Waals surface area contributed by atoms with Crippen LogP contribution in [0.2, 0.25) is 0 Å². The maximum Gasteiger partial charge on any atom is 0.173 e. The molecular weight excluding hydrogens is 246 g/mol. The van der Waals surface area contributed by atoms with Crippen molar-refractivity contribution in [2.45, 2.75) is 31.3 Å². The van der Waals surface area contributed by atoms with Gasteiger partial charge in [0.05, 0.1) is 5.75 Å². The van der Waals surface area contributed by atoms with Crippen molar-refractivity contribution in [3.63, 3.8) is 0 Å². The van der Waals surface area contributed by atoms with Gasteiger partial charge in [0.25, 0.3) is 0 Å². The number of benzene rings is 1. The molecule has 1 heterocycles. The van der Waals surface area contributed by atoms with Crippen LogP contribution in [0, 0.1) is 0 Å². The van der Waals surface area contributed by atoms with Gasteiger partial charge in [0.1, 0.15) is 0 Å². The van der Waals surface area contributed by atoms with Gasteiger partial charge in [-0.15, -0.1) is 0 Å². The molecule has 0 fully saturated rings. The van der Waals surface area contributed by atoms with Gasteiger partial charge in [-0.05, 0) is 30.4 Å². The van der Waals surface area contributed by atoms with Crippen LogP contribution in [0.15, 0.2) is 35.7 Å². The van der Waals surface area contributed by atoms with Crippen LogP contribution in [0.3, 0.4) is 0 Å². The molecule has 0 saturated carbocycles. The molecule has 1 aromatic rings. The van der Waals surface area contributed by atoms with Crippen molar-refractivity contribution in [2.75, 3.05) is 5.75 Å². The predicted octanol–water partition coefficient (Wildman–Crippen LogP) is 1.96. The quantitative estimate of drug-likeness (QED) is 0.887. The van der Waals surface area contributed by atoms with Crippen molar-refractivity contribution in [3.8, 4) is 0 Å². The van der Waals surface area contributed by atoms with Gasteiger partial charge in [0, 0.05) is 17.5 Å². The largest absolute Gasteiger partial charge is 0.303 e. The van der Waals surface area contributed by atoms with Gasteiger partial charge < -0.3 is 5.32 Å². The van der Waals surface area contributed by atoms with Gasteiger partial charge in [0.15, 0.2) is 9.84 Å². The number of aryl methyl sites for hydroxylation is 1. The Bertz CT molecular complexity index is 577. The number of sulfone groups is 1. The molecule has 0 radical (unpaired) electrons. The lowest BCUT2D eigenvalue weighted by Gasteiger charge is -2.28. The average molecular weight is 263 g/mol. The van der Waals surface area contributed by atoms with Crippen LogP contribution in [0.25, 0.3) is 0 Å². The summed E-state index contributed by atoms with van der Waals surface area (Å²) in [5.41, 5.74) is 2.73. The molecule has 96 valence electrons. The normalized spacial score (nSPS) is 29.1. The Morgan fingerprint density at radius 2 is 2.06 bits per heavy atom. The highest BCUT2D eigenvalue weighted by Crippen LogP contribution is 2.30. The van der Waals surface area contributed by atoms with E-state index in [0.29, 0.717) is 0 Å². The zero-order valence-corrected chi connectivity index (χ0v) is 11.0.